The summed E-state index contributed by atoms with van der Waals surface area (Å²) in [4.78, 5) is 65.0. The van der Waals surface area contributed by atoms with E-state index in [-0.39, 0.29) is 18.6 Å². The molecule has 2 aromatic rings. The van der Waals surface area contributed by atoms with E-state index in [0.29, 0.717) is 5.75 Å². The Morgan fingerprint density at radius 1 is 0.723 bits per heavy atom. The molecular weight excluding hydrogens is 606 g/mol. The summed E-state index contributed by atoms with van der Waals surface area (Å²) < 4.78 is 21.4. The normalized spacial score (nSPS) is 13.4. The summed E-state index contributed by atoms with van der Waals surface area (Å²) in [7, 11) is 1.22. The van der Waals surface area contributed by atoms with E-state index in [9.17, 15) is 24.0 Å². The Morgan fingerprint density at radius 2 is 1.34 bits per heavy atom. The molecule has 0 spiro atoms. The molecule has 2 rings (SSSR count). The number of hydrogen-bond donors (Lipinski definition) is 3. The molecule has 0 heterocycles. The molecule has 0 radical (unpaired) electrons. The molecule has 3 N–H and O–H groups in total. The lowest BCUT2D eigenvalue weighted by atomic mass is 10.0. The van der Waals surface area contributed by atoms with E-state index in [1.54, 1.807) is 83.1 Å². The lowest BCUT2D eigenvalue weighted by Gasteiger charge is -2.27. The maximum Gasteiger partial charge on any atom is 0.408 e. The minimum absolute atomic E-state index is 0.0638. The number of alkyl carbamates (subject to hydrolysis) is 1. The van der Waals surface area contributed by atoms with Gasteiger partial charge in [0.15, 0.2) is 0 Å². The minimum Gasteiger partial charge on any atom is -0.488 e. The summed E-state index contributed by atoms with van der Waals surface area (Å²) in [6.45, 7) is 14.2. The summed E-state index contributed by atoms with van der Waals surface area (Å²) in [6.07, 6.45) is -1.34. The first kappa shape index (κ1) is 38.6. The van der Waals surface area contributed by atoms with Crippen molar-refractivity contribution in [2.75, 3.05) is 7.11 Å². The van der Waals surface area contributed by atoms with Gasteiger partial charge in [-0.05, 0) is 70.7 Å². The summed E-state index contributed by atoms with van der Waals surface area (Å²) in [5, 5.41) is 7.72. The van der Waals surface area contributed by atoms with Crippen molar-refractivity contribution in [2.45, 2.75) is 104 Å². The molecule has 0 unspecified atom stereocenters. The van der Waals surface area contributed by atoms with Crippen LogP contribution in [0.25, 0.3) is 0 Å². The largest absolute Gasteiger partial charge is 0.488 e. The number of methoxy groups -OCH3 is 1. The van der Waals surface area contributed by atoms with Crippen LogP contribution < -0.4 is 20.7 Å². The highest BCUT2D eigenvalue weighted by molar-refractivity contribution is 5.94. The van der Waals surface area contributed by atoms with Crippen LogP contribution in [0.4, 0.5) is 4.79 Å². The van der Waals surface area contributed by atoms with Crippen LogP contribution in [0, 0.1) is 5.92 Å². The van der Waals surface area contributed by atoms with Crippen LogP contribution >= 0.6 is 0 Å². The van der Waals surface area contributed by atoms with Crippen LogP contribution in [0.5, 0.6) is 5.75 Å². The summed E-state index contributed by atoms with van der Waals surface area (Å²) in [5.74, 6) is -2.67. The number of amides is 3. The molecule has 0 fully saturated rings. The fraction of sp³-hybridized carbons (Fsp3) is 0.514. The molecule has 2 aromatic carbocycles. The van der Waals surface area contributed by atoms with Gasteiger partial charge in [-0.15, -0.1) is 0 Å². The lowest BCUT2D eigenvalue weighted by molar-refractivity contribution is -0.156. The van der Waals surface area contributed by atoms with Gasteiger partial charge < -0.3 is 34.9 Å². The number of hydrogen-bond acceptors (Lipinski definition) is 9. The van der Waals surface area contributed by atoms with E-state index in [2.05, 4.69) is 16.0 Å². The number of carbonyl (C=O) groups is 5. The van der Waals surface area contributed by atoms with Gasteiger partial charge in [0, 0.05) is 6.42 Å². The van der Waals surface area contributed by atoms with E-state index in [1.807, 2.05) is 26.8 Å². The molecular formula is C35H49N3O9. The molecule has 0 saturated heterocycles. The van der Waals surface area contributed by atoms with Crippen molar-refractivity contribution < 1.29 is 42.9 Å². The summed E-state index contributed by atoms with van der Waals surface area (Å²) in [6, 6.07) is 12.4. The average Bonchev–Trinajstić information content (AvgIpc) is 2.97. The fourth-order valence-corrected chi connectivity index (χ4v) is 4.33. The van der Waals surface area contributed by atoms with Crippen LogP contribution in [0.2, 0.25) is 0 Å². The summed E-state index contributed by atoms with van der Waals surface area (Å²) >= 11 is 0. The SMILES string of the molecule is COC(=O)[C@H](Cc1ccc(OC(C)(C)C)cc1)NC(=O)[C@@H](NC(=O)[C@@H](CC(=O)OC(C)(C)C)NC(=O)OCc1ccccc1)C(C)C. The zero-order valence-corrected chi connectivity index (χ0v) is 28.8. The van der Waals surface area contributed by atoms with Gasteiger partial charge >= 0.3 is 18.0 Å². The number of esters is 2. The van der Waals surface area contributed by atoms with Gasteiger partial charge in [0.1, 0.15) is 41.7 Å². The Hall–Kier alpha value is -4.61. The number of benzene rings is 2. The molecule has 47 heavy (non-hydrogen) atoms. The van der Waals surface area contributed by atoms with Gasteiger partial charge in [-0.1, -0.05) is 56.3 Å². The highest BCUT2D eigenvalue weighted by Crippen LogP contribution is 2.19. The molecule has 3 amide bonds. The van der Waals surface area contributed by atoms with Crippen molar-refractivity contribution in [1.29, 1.82) is 0 Å². The minimum atomic E-state index is -1.42. The van der Waals surface area contributed by atoms with Crippen LogP contribution in [-0.2, 0) is 46.4 Å². The molecule has 0 aromatic heterocycles. The zero-order valence-electron chi connectivity index (χ0n) is 28.8. The number of carbonyl (C=O) groups excluding carboxylic acids is 5. The van der Waals surface area contributed by atoms with Gasteiger partial charge in [-0.2, -0.15) is 0 Å². The topological polar surface area (TPSA) is 158 Å². The molecule has 0 aliphatic carbocycles. The predicted molar refractivity (Wildman–Crippen MR) is 175 cm³/mol. The van der Waals surface area contributed by atoms with E-state index >= 15 is 0 Å². The monoisotopic (exact) mass is 655 g/mol. The molecule has 0 saturated carbocycles. The second kappa shape index (κ2) is 17.3. The van der Waals surface area contributed by atoms with Gasteiger partial charge in [-0.25, -0.2) is 9.59 Å². The van der Waals surface area contributed by atoms with Gasteiger partial charge in [-0.3, -0.25) is 14.4 Å². The molecule has 258 valence electrons. The maximum absolute atomic E-state index is 13.5. The highest BCUT2D eigenvalue weighted by Gasteiger charge is 2.34. The number of nitrogens with one attached hydrogen (secondary N) is 3. The van der Waals surface area contributed by atoms with Crippen molar-refractivity contribution in [3.8, 4) is 5.75 Å². The van der Waals surface area contributed by atoms with Crippen molar-refractivity contribution in [3.05, 3.63) is 65.7 Å². The van der Waals surface area contributed by atoms with Crippen LogP contribution in [0.3, 0.4) is 0 Å². The Morgan fingerprint density at radius 3 is 1.87 bits per heavy atom. The van der Waals surface area contributed by atoms with E-state index in [1.165, 1.54) is 7.11 Å². The maximum atomic E-state index is 13.5. The number of ether oxygens (including phenoxy) is 4. The second-order valence-electron chi connectivity index (χ2n) is 13.4. The molecule has 0 aliphatic heterocycles. The molecule has 3 atom stereocenters. The average molecular weight is 656 g/mol. The van der Waals surface area contributed by atoms with Crippen molar-refractivity contribution in [2.24, 2.45) is 5.92 Å². The first-order valence-corrected chi connectivity index (χ1v) is 15.5. The Kier molecular flexibility index (Phi) is 14.2. The van der Waals surface area contributed by atoms with Gasteiger partial charge in [0.2, 0.25) is 11.8 Å². The first-order chi connectivity index (χ1) is 21.9. The van der Waals surface area contributed by atoms with Crippen molar-refractivity contribution in [1.82, 2.24) is 16.0 Å². The van der Waals surface area contributed by atoms with Gasteiger partial charge in [0.25, 0.3) is 0 Å². The van der Waals surface area contributed by atoms with E-state index < -0.39 is 65.9 Å². The fourth-order valence-electron chi connectivity index (χ4n) is 4.33. The Balaban J connectivity index is 2.19. The quantitative estimate of drug-likeness (QED) is 0.200. The third kappa shape index (κ3) is 14.6. The Labute approximate surface area is 277 Å². The highest BCUT2D eigenvalue weighted by atomic mass is 16.6. The zero-order chi connectivity index (χ0) is 35.4. The number of rotatable bonds is 14. The molecule has 12 nitrogen and oxygen atoms in total. The van der Waals surface area contributed by atoms with Gasteiger partial charge in [0.05, 0.1) is 13.5 Å². The third-order valence-electron chi connectivity index (χ3n) is 6.45. The smallest absolute Gasteiger partial charge is 0.408 e. The van der Waals surface area contributed by atoms with Crippen molar-refractivity contribution >= 4 is 29.8 Å². The van der Waals surface area contributed by atoms with E-state index in [0.717, 1.165) is 11.1 Å². The van der Waals surface area contributed by atoms with Crippen LogP contribution in [0.1, 0.15) is 72.9 Å². The standard InChI is InChI=1S/C35H49N3O9/c1-22(2)29(31(41)36-27(32(42)44-9)19-23-15-17-25(18-16-23)46-34(3,4)5)38-30(40)26(20-28(39)47-35(6,7)8)37-33(43)45-21-24-13-11-10-12-14-24/h10-18,22,26-27,29H,19-21H2,1-9H3,(H,36,41)(H,37,43)(H,38,40)/t26-,27+,29+/m1/s1. The lowest BCUT2D eigenvalue weighted by Crippen LogP contribution is -2.58. The molecule has 12 heteroatoms. The van der Waals surface area contributed by atoms with Crippen LogP contribution in [0.15, 0.2) is 54.6 Å². The molecule has 0 aliphatic rings. The van der Waals surface area contributed by atoms with E-state index in [4.69, 9.17) is 18.9 Å². The van der Waals surface area contributed by atoms with Crippen molar-refractivity contribution in [3.63, 3.8) is 0 Å². The summed E-state index contributed by atoms with van der Waals surface area (Å²) in [5.41, 5.74) is 0.240. The predicted octanol–water partition coefficient (Wildman–Crippen LogP) is 4.23. The third-order valence-corrected chi connectivity index (χ3v) is 6.45. The first-order valence-electron chi connectivity index (χ1n) is 15.5. The molecule has 0 bridgehead atoms. The second-order valence-corrected chi connectivity index (χ2v) is 13.4. The Bertz CT molecular complexity index is 1350. The van der Waals surface area contributed by atoms with Crippen LogP contribution in [-0.4, -0.2) is 66.3 Å².